The number of hydrogen-bond acceptors (Lipinski definition) is 12. The fourth-order valence-corrected chi connectivity index (χ4v) is 6.50. The summed E-state index contributed by atoms with van der Waals surface area (Å²) in [6, 6.07) is 8.41. The molecule has 4 aliphatic rings. The van der Waals surface area contributed by atoms with E-state index in [1.165, 1.54) is 60.7 Å². The van der Waals surface area contributed by atoms with Crippen LogP contribution in [0.1, 0.15) is 53.8 Å². The summed E-state index contributed by atoms with van der Waals surface area (Å²) in [6.45, 7) is 0.0648. The van der Waals surface area contributed by atoms with Crippen LogP contribution in [-0.2, 0) is 35.8 Å². The maximum Gasteiger partial charge on any atom is 0.335 e. The zero-order valence-electron chi connectivity index (χ0n) is 27.7. The molecule has 0 radical (unpaired) electrons. The number of fused-ring (bicyclic) bond motifs is 11. The van der Waals surface area contributed by atoms with Crippen molar-refractivity contribution in [2.45, 2.75) is 26.2 Å². The molecule has 0 aromatic carbocycles. The van der Waals surface area contributed by atoms with E-state index in [-0.39, 0.29) is 101 Å². The van der Waals surface area contributed by atoms with Crippen molar-refractivity contribution < 1.29 is 44.4 Å². The topological polar surface area (TPSA) is 262 Å². The van der Waals surface area contributed by atoms with E-state index >= 15 is 0 Å². The first kappa shape index (κ1) is 34.5. The molecule has 7 rings (SSSR count). The van der Waals surface area contributed by atoms with Crippen LogP contribution in [-0.4, -0.2) is 88.1 Å². The lowest BCUT2D eigenvalue weighted by Gasteiger charge is -2.29. The van der Waals surface area contributed by atoms with Crippen LogP contribution < -0.4 is 16.4 Å². The molecule has 8 N–H and O–H groups in total. The molecule has 53 heavy (non-hydrogen) atoms. The van der Waals surface area contributed by atoms with Gasteiger partial charge in [-0.25, -0.2) is 29.1 Å². The fraction of sp³-hybridized carbons (Fsp3) is 0.167. The van der Waals surface area contributed by atoms with Crippen molar-refractivity contribution in [2.75, 3.05) is 13.1 Å². The first-order valence-electron chi connectivity index (χ1n) is 16.1. The van der Waals surface area contributed by atoms with E-state index in [4.69, 9.17) is 20.7 Å². The van der Waals surface area contributed by atoms with Crippen LogP contribution in [0.15, 0.2) is 94.6 Å². The number of carboxylic acids is 4. The summed E-state index contributed by atoms with van der Waals surface area (Å²) in [6.07, 6.45) is 5.60. The van der Waals surface area contributed by atoms with Gasteiger partial charge in [0.1, 0.15) is 0 Å². The number of aromatic nitrogens is 3. The van der Waals surface area contributed by atoms with Gasteiger partial charge in [-0.3, -0.25) is 19.6 Å². The lowest BCUT2D eigenvalue weighted by molar-refractivity contribution is -0.133. The van der Waals surface area contributed by atoms with E-state index in [1.54, 1.807) is 9.80 Å². The number of allylic oxidation sites excluding steroid dienone is 2. The summed E-state index contributed by atoms with van der Waals surface area (Å²) < 4.78 is 0. The Morgan fingerprint density at radius 2 is 0.887 bits per heavy atom. The normalized spacial score (nSPS) is 20.5. The Balaban J connectivity index is 1.52. The standard InChI is InChI=1S/C36H30N8O9/c37-32(45)17-1-22-11-43-13-24-3-18(33(46)47)7-28(39-24)30-9-20(35(50)51)5-26(41-30)15-44(12-23(2-17)38-22)16-27-6-21(36(52)53)10-31(42-27)29-8-19(34(48)49)4-25(14-43)40-29/h1-10,39,41H,11-16H2,(H2,37,45)(H,46,47)(H,48,49)(H,50,51)(H,52,53)/b30-28-. The number of rotatable bonds is 5. The number of nitrogens with zero attached hydrogens (tertiary/aromatic N) is 5. The van der Waals surface area contributed by atoms with Gasteiger partial charge in [0.05, 0.1) is 67.8 Å². The van der Waals surface area contributed by atoms with Gasteiger partial charge >= 0.3 is 23.9 Å². The summed E-state index contributed by atoms with van der Waals surface area (Å²) >= 11 is 0. The molecule has 2 unspecified atom stereocenters. The molecule has 3 aromatic heterocycles. The molecule has 12 bridgehead atoms. The third kappa shape index (κ3) is 7.55. The SMILES string of the molecule is NC(=O)c1cc2nc(c1)CN1CC3=CC(C(=O)O)=C/C(=C4\C=C(C(=O)O)C=C(CN(C2)Cc2cc(C(=O)O)cc(n2)-c2cc(C(=O)O)cc(n2)C1)N4)N3. The number of nitrogens with two attached hydrogens (primary N) is 1. The highest BCUT2D eigenvalue weighted by Crippen LogP contribution is 2.27. The minimum atomic E-state index is -1.26. The Hall–Kier alpha value is -6.98. The van der Waals surface area contributed by atoms with E-state index < -0.39 is 29.8 Å². The smallest absolute Gasteiger partial charge is 0.335 e. The van der Waals surface area contributed by atoms with Gasteiger partial charge in [-0.1, -0.05) is 0 Å². The number of carboxylic acid groups (broad SMARTS) is 4. The largest absolute Gasteiger partial charge is 0.478 e. The number of dihydropyridines is 2. The quantitative estimate of drug-likeness (QED) is 0.197. The first-order valence-corrected chi connectivity index (χ1v) is 16.1. The Labute approximate surface area is 299 Å². The molecule has 0 saturated carbocycles. The minimum absolute atomic E-state index is 0.00868. The number of nitrogens with one attached hydrogen (secondary N) is 2. The second-order valence-corrected chi connectivity index (χ2v) is 12.8. The van der Waals surface area contributed by atoms with Gasteiger partial charge in [0.2, 0.25) is 5.91 Å². The molecule has 0 aliphatic carbocycles. The van der Waals surface area contributed by atoms with Crippen LogP contribution in [0.3, 0.4) is 0 Å². The Morgan fingerprint density at radius 3 is 1.25 bits per heavy atom. The molecule has 0 saturated heterocycles. The molecule has 3 aromatic rings. The molecule has 17 heteroatoms. The summed E-state index contributed by atoms with van der Waals surface area (Å²) in [5, 5.41) is 46.8. The number of pyridine rings is 3. The maximum atomic E-state index is 12.6. The van der Waals surface area contributed by atoms with E-state index in [9.17, 15) is 44.4 Å². The van der Waals surface area contributed by atoms with Crippen LogP contribution >= 0.6 is 0 Å². The summed E-state index contributed by atoms with van der Waals surface area (Å²) in [5.74, 6) is -5.70. The number of carbonyl (C=O) groups excluding carboxylic acids is 1. The van der Waals surface area contributed by atoms with Crippen LogP contribution in [0.2, 0.25) is 0 Å². The number of amides is 1. The predicted molar refractivity (Wildman–Crippen MR) is 183 cm³/mol. The van der Waals surface area contributed by atoms with Gasteiger partial charge in [-0.2, -0.15) is 0 Å². The van der Waals surface area contributed by atoms with Crippen molar-refractivity contribution in [1.29, 1.82) is 0 Å². The molecule has 1 amide bonds. The number of hydrogen-bond donors (Lipinski definition) is 7. The van der Waals surface area contributed by atoms with Crippen molar-refractivity contribution in [3.63, 3.8) is 0 Å². The molecule has 268 valence electrons. The number of aliphatic carboxylic acids is 2. The zero-order valence-corrected chi connectivity index (χ0v) is 27.7. The number of primary amides is 1. The van der Waals surface area contributed by atoms with Gasteiger partial charge < -0.3 is 36.8 Å². The van der Waals surface area contributed by atoms with Gasteiger partial charge in [-0.05, 0) is 60.7 Å². The van der Waals surface area contributed by atoms with Crippen LogP contribution in [0.4, 0.5) is 0 Å². The van der Waals surface area contributed by atoms with E-state index in [0.29, 0.717) is 22.8 Å². The van der Waals surface area contributed by atoms with E-state index in [0.717, 1.165) is 0 Å². The second kappa shape index (κ2) is 13.6. The zero-order chi connectivity index (χ0) is 37.6. The average Bonchev–Trinajstić information content (AvgIpc) is 3.10. The van der Waals surface area contributed by atoms with E-state index in [2.05, 4.69) is 10.6 Å². The second-order valence-electron chi connectivity index (χ2n) is 12.8. The van der Waals surface area contributed by atoms with Crippen molar-refractivity contribution >= 4 is 29.8 Å². The van der Waals surface area contributed by atoms with Crippen LogP contribution in [0, 0.1) is 0 Å². The monoisotopic (exact) mass is 718 g/mol. The molecule has 17 nitrogen and oxygen atoms in total. The highest BCUT2D eigenvalue weighted by molar-refractivity contribution is 5.94. The first-order chi connectivity index (χ1) is 25.3. The third-order valence-electron chi connectivity index (χ3n) is 8.69. The summed E-state index contributed by atoms with van der Waals surface area (Å²) in [7, 11) is 0. The van der Waals surface area contributed by atoms with E-state index in [1.807, 2.05) is 0 Å². The molecule has 2 atom stereocenters. The Bertz CT molecular complexity index is 2170. The number of carbonyl (C=O) groups is 5. The molecule has 0 spiro atoms. The van der Waals surface area contributed by atoms with Gasteiger partial charge in [-0.15, -0.1) is 0 Å². The average molecular weight is 719 g/mol. The van der Waals surface area contributed by atoms with Crippen LogP contribution in [0.25, 0.3) is 11.4 Å². The molecule has 0 fully saturated rings. The minimum Gasteiger partial charge on any atom is -0.478 e. The molecular formula is C36H30N8O9. The summed E-state index contributed by atoms with van der Waals surface area (Å²) in [4.78, 5) is 79.8. The van der Waals surface area contributed by atoms with Gasteiger partial charge in [0.25, 0.3) is 0 Å². The molecular weight excluding hydrogens is 688 g/mol. The van der Waals surface area contributed by atoms with Gasteiger partial charge in [0.15, 0.2) is 0 Å². The van der Waals surface area contributed by atoms with Gasteiger partial charge in [0, 0.05) is 56.2 Å². The third-order valence-corrected chi connectivity index (χ3v) is 8.69. The highest BCUT2D eigenvalue weighted by atomic mass is 16.4. The lowest BCUT2D eigenvalue weighted by atomic mass is 10.0. The fourth-order valence-electron chi connectivity index (χ4n) is 6.50. The highest BCUT2D eigenvalue weighted by Gasteiger charge is 2.26. The summed E-state index contributed by atoms with van der Waals surface area (Å²) in [5.41, 5.74) is 8.34. The lowest BCUT2D eigenvalue weighted by Crippen LogP contribution is -2.34. The molecule has 7 heterocycles. The Kier molecular flexibility index (Phi) is 8.86. The number of aromatic carboxylic acids is 2. The van der Waals surface area contributed by atoms with Crippen molar-refractivity contribution in [3.05, 3.63) is 134 Å². The van der Waals surface area contributed by atoms with Crippen molar-refractivity contribution in [1.82, 2.24) is 35.4 Å². The Morgan fingerprint density at radius 1 is 0.509 bits per heavy atom. The maximum absolute atomic E-state index is 12.6. The van der Waals surface area contributed by atoms with Crippen molar-refractivity contribution in [3.8, 4) is 11.4 Å². The molecule has 4 aliphatic heterocycles. The van der Waals surface area contributed by atoms with Crippen LogP contribution in [0.5, 0.6) is 0 Å². The van der Waals surface area contributed by atoms with Crippen molar-refractivity contribution in [2.24, 2.45) is 5.73 Å². The predicted octanol–water partition coefficient (Wildman–Crippen LogP) is 1.57.